The largest absolute Gasteiger partial charge is 0.435 e. The summed E-state index contributed by atoms with van der Waals surface area (Å²) >= 11 is 0. The second-order valence-corrected chi connectivity index (χ2v) is 9.09. The molecule has 1 unspecified atom stereocenters. The molecule has 0 spiro atoms. The normalized spacial score (nSPS) is 15.3. The first-order valence-electron chi connectivity index (χ1n) is 12.4. The summed E-state index contributed by atoms with van der Waals surface area (Å²) < 4.78 is 46.5. The molecule has 37 heavy (non-hydrogen) atoms. The number of benzene rings is 2. The van der Waals surface area contributed by atoms with Gasteiger partial charge in [0.15, 0.2) is 11.6 Å². The minimum Gasteiger partial charge on any atom is -0.435 e. The van der Waals surface area contributed by atoms with Crippen LogP contribution in [0.4, 0.5) is 8.78 Å². The number of aliphatic hydroxyl groups is 1. The van der Waals surface area contributed by atoms with Crippen LogP contribution in [-0.2, 0) is 16.0 Å². The monoisotopic (exact) mass is 516 g/mol. The molecule has 0 aliphatic carbocycles. The van der Waals surface area contributed by atoms with E-state index < -0.39 is 17.7 Å². The maximum Gasteiger partial charge on any atom is 0.227 e. The van der Waals surface area contributed by atoms with Crippen molar-refractivity contribution in [3.63, 3.8) is 0 Å². The second-order valence-electron chi connectivity index (χ2n) is 9.09. The zero-order chi connectivity index (χ0) is 26.2. The lowest BCUT2D eigenvalue weighted by atomic mass is 10.2. The van der Waals surface area contributed by atoms with Gasteiger partial charge >= 0.3 is 0 Å². The fraction of sp³-hybridized carbons (Fsp3) is 0.444. The average Bonchev–Trinajstić information content (AvgIpc) is 3.19. The third kappa shape index (κ3) is 7.33. The Morgan fingerprint density at radius 2 is 1.89 bits per heavy atom. The molecular formula is C27H34F2N4O4. The molecule has 1 aliphatic rings. The van der Waals surface area contributed by atoms with Crippen LogP contribution >= 0.6 is 0 Å². The van der Waals surface area contributed by atoms with Gasteiger partial charge in [0.05, 0.1) is 42.9 Å². The number of rotatable bonds is 12. The van der Waals surface area contributed by atoms with E-state index >= 15 is 0 Å². The maximum absolute atomic E-state index is 14.6. The Kier molecular flexibility index (Phi) is 9.59. The SMILES string of the molecule is COCCN(Cc1c(C)nn(-c2ccccc2)c1Oc1ccc(F)cc1F)CC(O)CN1CCOCC1. The summed E-state index contributed by atoms with van der Waals surface area (Å²) in [7, 11) is 1.63. The van der Waals surface area contributed by atoms with Gasteiger partial charge in [-0.15, -0.1) is 0 Å². The van der Waals surface area contributed by atoms with E-state index in [1.54, 1.807) is 11.8 Å². The van der Waals surface area contributed by atoms with E-state index in [0.29, 0.717) is 57.6 Å². The minimum atomic E-state index is -0.804. The number of aromatic nitrogens is 2. The van der Waals surface area contributed by atoms with Crippen molar-refractivity contribution in [3.05, 3.63) is 71.4 Å². The topological polar surface area (TPSA) is 72.2 Å². The number of ether oxygens (including phenoxy) is 3. The molecule has 3 aromatic rings. The molecule has 2 heterocycles. The molecule has 200 valence electrons. The summed E-state index contributed by atoms with van der Waals surface area (Å²) in [5.41, 5.74) is 2.18. The molecular weight excluding hydrogens is 482 g/mol. The lowest BCUT2D eigenvalue weighted by molar-refractivity contribution is 0.00431. The Balaban J connectivity index is 1.62. The molecule has 2 aromatic carbocycles. The van der Waals surface area contributed by atoms with Gasteiger partial charge < -0.3 is 19.3 Å². The molecule has 1 fully saturated rings. The Labute approximate surface area is 216 Å². The zero-order valence-corrected chi connectivity index (χ0v) is 21.3. The molecule has 1 N–H and O–H groups in total. The quantitative estimate of drug-likeness (QED) is 0.396. The van der Waals surface area contributed by atoms with Gasteiger partial charge in [0.1, 0.15) is 5.82 Å². The van der Waals surface area contributed by atoms with Gasteiger partial charge in [-0.2, -0.15) is 5.10 Å². The highest BCUT2D eigenvalue weighted by molar-refractivity contribution is 5.43. The summed E-state index contributed by atoms with van der Waals surface area (Å²) in [5.74, 6) is -1.26. The van der Waals surface area contributed by atoms with Crippen LogP contribution in [0.15, 0.2) is 48.5 Å². The van der Waals surface area contributed by atoms with Crippen LogP contribution in [0.5, 0.6) is 11.6 Å². The highest BCUT2D eigenvalue weighted by Crippen LogP contribution is 2.33. The number of aryl methyl sites for hydroxylation is 1. The zero-order valence-electron chi connectivity index (χ0n) is 21.3. The lowest BCUT2D eigenvalue weighted by Gasteiger charge is -2.31. The van der Waals surface area contributed by atoms with Gasteiger partial charge in [-0.25, -0.2) is 13.5 Å². The van der Waals surface area contributed by atoms with Crippen LogP contribution in [0, 0.1) is 18.6 Å². The molecule has 0 radical (unpaired) electrons. The third-order valence-corrected chi connectivity index (χ3v) is 6.27. The first-order chi connectivity index (χ1) is 17.9. The number of morpholine rings is 1. The van der Waals surface area contributed by atoms with Crippen molar-refractivity contribution in [2.24, 2.45) is 0 Å². The van der Waals surface area contributed by atoms with E-state index in [4.69, 9.17) is 14.2 Å². The smallest absolute Gasteiger partial charge is 0.227 e. The van der Waals surface area contributed by atoms with E-state index in [1.165, 1.54) is 6.07 Å². The van der Waals surface area contributed by atoms with Crippen molar-refractivity contribution in [1.29, 1.82) is 0 Å². The summed E-state index contributed by atoms with van der Waals surface area (Å²) in [6.07, 6.45) is -0.585. The van der Waals surface area contributed by atoms with Crippen molar-refractivity contribution < 1.29 is 28.1 Å². The molecule has 0 amide bonds. The van der Waals surface area contributed by atoms with E-state index in [0.717, 1.165) is 36.5 Å². The van der Waals surface area contributed by atoms with Gasteiger partial charge in [0, 0.05) is 52.4 Å². The lowest BCUT2D eigenvalue weighted by Crippen LogP contribution is -2.45. The van der Waals surface area contributed by atoms with Crippen LogP contribution in [-0.4, -0.2) is 90.4 Å². The molecule has 4 rings (SSSR count). The van der Waals surface area contributed by atoms with Gasteiger partial charge in [-0.05, 0) is 31.2 Å². The van der Waals surface area contributed by atoms with Crippen LogP contribution in [0.2, 0.25) is 0 Å². The highest BCUT2D eigenvalue weighted by atomic mass is 19.1. The van der Waals surface area contributed by atoms with Crippen molar-refractivity contribution in [2.75, 3.05) is 59.7 Å². The predicted octanol–water partition coefficient (Wildman–Crippen LogP) is 3.39. The van der Waals surface area contributed by atoms with E-state index in [9.17, 15) is 13.9 Å². The average molecular weight is 517 g/mol. The standard InChI is InChI=1S/C27H34F2N4O4/c1-20-24(19-32(10-13-35-2)18-23(34)17-31-11-14-36-15-12-31)27(33(30-20)22-6-4-3-5-7-22)37-26-9-8-21(28)16-25(26)29/h3-9,16,23,34H,10-15,17-19H2,1-2H3. The molecule has 0 saturated carbocycles. The first kappa shape index (κ1) is 27.2. The van der Waals surface area contributed by atoms with Crippen molar-refractivity contribution in [3.8, 4) is 17.3 Å². The van der Waals surface area contributed by atoms with E-state index in [1.807, 2.05) is 37.3 Å². The van der Waals surface area contributed by atoms with E-state index in [-0.39, 0.29) is 5.75 Å². The summed E-state index contributed by atoms with van der Waals surface area (Å²) in [4.78, 5) is 4.26. The second kappa shape index (κ2) is 13.1. The molecule has 1 saturated heterocycles. The number of nitrogens with zero attached hydrogens (tertiary/aromatic N) is 4. The number of β-amino-alcohol motifs (C(OH)–C–C–N with tert-alkyl or cyclic N) is 1. The summed E-state index contributed by atoms with van der Waals surface area (Å²) in [6.45, 7) is 7.15. The Bertz CT molecular complexity index is 1140. The molecule has 0 bridgehead atoms. The van der Waals surface area contributed by atoms with Crippen LogP contribution < -0.4 is 4.74 Å². The number of para-hydroxylation sites is 1. The van der Waals surface area contributed by atoms with Gasteiger partial charge in [-0.1, -0.05) is 18.2 Å². The maximum atomic E-state index is 14.6. The molecule has 10 heteroatoms. The summed E-state index contributed by atoms with van der Waals surface area (Å²) in [5, 5.41) is 15.5. The van der Waals surface area contributed by atoms with Crippen molar-refractivity contribution in [1.82, 2.24) is 19.6 Å². The van der Waals surface area contributed by atoms with Gasteiger partial charge in [0.25, 0.3) is 0 Å². The number of methoxy groups -OCH3 is 1. The molecule has 8 nitrogen and oxygen atoms in total. The van der Waals surface area contributed by atoms with Crippen LogP contribution in [0.3, 0.4) is 0 Å². The van der Waals surface area contributed by atoms with Crippen LogP contribution in [0.25, 0.3) is 5.69 Å². The first-order valence-corrected chi connectivity index (χ1v) is 12.4. The summed E-state index contributed by atoms with van der Waals surface area (Å²) in [6, 6.07) is 12.6. The number of aliphatic hydroxyl groups excluding tert-OH is 1. The fourth-order valence-electron chi connectivity index (χ4n) is 4.35. The van der Waals surface area contributed by atoms with Crippen LogP contribution in [0.1, 0.15) is 11.3 Å². The number of hydrogen-bond donors (Lipinski definition) is 1. The van der Waals surface area contributed by atoms with Crippen molar-refractivity contribution >= 4 is 0 Å². The minimum absolute atomic E-state index is 0.101. The molecule has 1 atom stereocenters. The van der Waals surface area contributed by atoms with Gasteiger partial charge in [0.2, 0.25) is 5.88 Å². The Morgan fingerprint density at radius 1 is 1.14 bits per heavy atom. The number of halogens is 2. The van der Waals surface area contributed by atoms with E-state index in [2.05, 4.69) is 14.9 Å². The molecule has 1 aliphatic heterocycles. The van der Waals surface area contributed by atoms with Gasteiger partial charge in [-0.3, -0.25) is 9.80 Å². The Hall–Kier alpha value is -2.89. The fourth-order valence-corrected chi connectivity index (χ4v) is 4.35. The third-order valence-electron chi connectivity index (χ3n) is 6.27. The predicted molar refractivity (Wildman–Crippen MR) is 135 cm³/mol. The number of hydrogen-bond acceptors (Lipinski definition) is 7. The highest BCUT2D eigenvalue weighted by Gasteiger charge is 2.24. The molecule has 1 aromatic heterocycles. The van der Waals surface area contributed by atoms with Crippen molar-refractivity contribution in [2.45, 2.75) is 19.6 Å². The Morgan fingerprint density at radius 3 is 2.59 bits per heavy atom.